The molecule has 9 aromatic rings. The minimum atomic E-state index is 0.599. The number of furan rings is 1. The lowest BCUT2D eigenvalue weighted by Crippen LogP contribution is -2.01. The van der Waals surface area contributed by atoms with Gasteiger partial charge in [0.25, 0.3) is 0 Å². The van der Waals surface area contributed by atoms with Gasteiger partial charge in [-0.2, -0.15) is 0 Å². The van der Waals surface area contributed by atoms with Crippen molar-refractivity contribution < 1.29 is 4.42 Å². The lowest BCUT2D eigenvalue weighted by Gasteiger charge is -2.13. The number of hydrogen-bond acceptors (Lipinski definition) is 4. The summed E-state index contributed by atoms with van der Waals surface area (Å²) < 4.78 is 6.41. The molecule has 2 heterocycles. The van der Waals surface area contributed by atoms with Crippen molar-refractivity contribution in [2.24, 2.45) is 0 Å². The molecule has 0 atom stereocenters. The highest BCUT2D eigenvalue weighted by Crippen LogP contribution is 2.39. The van der Waals surface area contributed by atoms with Crippen LogP contribution in [0.1, 0.15) is 0 Å². The van der Waals surface area contributed by atoms with Crippen molar-refractivity contribution in [3.8, 4) is 56.4 Å². The first-order valence-electron chi connectivity index (χ1n) is 15.7. The fourth-order valence-electron chi connectivity index (χ4n) is 6.39. The predicted molar refractivity (Wildman–Crippen MR) is 192 cm³/mol. The van der Waals surface area contributed by atoms with Crippen LogP contribution in [0.15, 0.2) is 168 Å². The van der Waals surface area contributed by atoms with Gasteiger partial charge in [-0.1, -0.05) is 127 Å². The second-order valence-corrected chi connectivity index (χ2v) is 11.7. The number of hydrogen-bond donors (Lipinski definition) is 0. The van der Waals surface area contributed by atoms with E-state index in [1.165, 1.54) is 0 Å². The summed E-state index contributed by atoms with van der Waals surface area (Å²) >= 11 is 0. The van der Waals surface area contributed by atoms with Crippen LogP contribution in [0.2, 0.25) is 0 Å². The number of aromatic nitrogens is 3. The van der Waals surface area contributed by atoms with Crippen molar-refractivity contribution >= 4 is 32.7 Å². The molecule has 0 bridgehead atoms. The molecule has 220 valence electrons. The number of rotatable bonds is 5. The van der Waals surface area contributed by atoms with E-state index in [2.05, 4.69) is 109 Å². The largest absolute Gasteiger partial charge is 0.456 e. The minimum absolute atomic E-state index is 0.599. The summed E-state index contributed by atoms with van der Waals surface area (Å²) in [5, 5.41) is 4.33. The van der Waals surface area contributed by atoms with Crippen molar-refractivity contribution in [1.29, 1.82) is 0 Å². The summed E-state index contributed by atoms with van der Waals surface area (Å²) in [6.45, 7) is 0. The summed E-state index contributed by atoms with van der Waals surface area (Å²) in [4.78, 5) is 15.4. The molecular formula is C43H27N3O. The number of fused-ring (bicyclic) bond motifs is 4. The SMILES string of the molecule is c1ccc(-c2cc(-c3ccccc3)cc(-c3nc(-c4ccccc4)nc(-c4cccc5oc6cc7ccccc7cc6c45)n3)c2)cc1. The van der Waals surface area contributed by atoms with E-state index < -0.39 is 0 Å². The molecule has 0 unspecified atom stereocenters. The normalized spacial score (nSPS) is 11.4. The molecule has 0 N–H and O–H groups in total. The molecule has 47 heavy (non-hydrogen) atoms. The van der Waals surface area contributed by atoms with Gasteiger partial charge in [0, 0.05) is 27.5 Å². The predicted octanol–water partition coefficient (Wildman–Crippen LogP) is 11.3. The van der Waals surface area contributed by atoms with Crippen LogP contribution >= 0.6 is 0 Å². The van der Waals surface area contributed by atoms with Gasteiger partial charge in [0.05, 0.1) is 0 Å². The minimum Gasteiger partial charge on any atom is -0.456 e. The zero-order valence-electron chi connectivity index (χ0n) is 25.3. The molecule has 0 radical (unpaired) electrons. The quantitative estimate of drug-likeness (QED) is 0.197. The maximum absolute atomic E-state index is 6.41. The van der Waals surface area contributed by atoms with E-state index in [4.69, 9.17) is 19.4 Å². The monoisotopic (exact) mass is 601 g/mol. The van der Waals surface area contributed by atoms with Gasteiger partial charge in [-0.15, -0.1) is 0 Å². The number of nitrogens with zero attached hydrogens (tertiary/aromatic N) is 3. The third kappa shape index (κ3) is 4.93. The van der Waals surface area contributed by atoms with Gasteiger partial charge >= 0.3 is 0 Å². The van der Waals surface area contributed by atoms with Crippen molar-refractivity contribution in [1.82, 2.24) is 15.0 Å². The maximum Gasteiger partial charge on any atom is 0.164 e. The number of benzene rings is 7. The molecule has 0 aliphatic carbocycles. The Balaban J connectivity index is 1.31. The van der Waals surface area contributed by atoms with Gasteiger partial charge in [0.2, 0.25) is 0 Å². The zero-order valence-corrected chi connectivity index (χ0v) is 25.3. The second kappa shape index (κ2) is 11.2. The summed E-state index contributed by atoms with van der Waals surface area (Å²) in [6.07, 6.45) is 0. The summed E-state index contributed by atoms with van der Waals surface area (Å²) in [7, 11) is 0. The first-order chi connectivity index (χ1) is 23.3. The van der Waals surface area contributed by atoms with Crippen LogP contribution in [0.5, 0.6) is 0 Å². The lowest BCUT2D eigenvalue weighted by molar-refractivity contribution is 0.669. The van der Waals surface area contributed by atoms with Gasteiger partial charge in [-0.3, -0.25) is 0 Å². The third-order valence-corrected chi connectivity index (χ3v) is 8.68. The fourth-order valence-corrected chi connectivity index (χ4v) is 6.39. The van der Waals surface area contributed by atoms with E-state index in [0.29, 0.717) is 17.5 Å². The maximum atomic E-state index is 6.41. The van der Waals surface area contributed by atoms with Crippen LogP contribution in [0.25, 0.3) is 89.1 Å². The van der Waals surface area contributed by atoms with E-state index in [-0.39, 0.29) is 0 Å². The van der Waals surface area contributed by atoms with E-state index in [1.54, 1.807) is 0 Å². The Morgan fingerprint density at radius 3 is 1.49 bits per heavy atom. The Hall–Kier alpha value is -6.39. The van der Waals surface area contributed by atoms with Crippen LogP contribution in [0.3, 0.4) is 0 Å². The van der Waals surface area contributed by atoms with Crippen LogP contribution in [0, 0.1) is 0 Å². The second-order valence-electron chi connectivity index (χ2n) is 11.7. The molecule has 0 saturated heterocycles. The summed E-state index contributed by atoms with van der Waals surface area (Å²) in [5.41, 5.74) is 8.84. The Morgan fingerprint density at radius 1 is 0.340 bits per heavy atom. The van der Waals surface area contributed by atoms with Crippen molar-refractivity contribution in [2.45, 2.75) is 0 Å². The molecule has 0 saturated carbocycles. The standard InChI is InChI=1S/C43H27N3O/c1-4-13-28(14-5-1)33-23-34(29-15-6-2-7-16-29)25-35(24-33)42-44-41(30-17-8-3-9-18-30)45-43(46-42)36-21-12-22-38-40(36)37-26-31-19-10-11-20-32(31)27-39(37)47-38/h1-27H. The van der Waals surface area contributed by atoms with Gasteiger partial charge in [0.1, 0.15) is 11.2 Å². The molecule has 0 amide bonds. The molecule has 0 spiro atoms. The van der Waals surface area contributed by atoms with Gasteiger partial charge in [-0.25, -0.2) is 15.0 Å². The highest BCUT2D eigenvalue weighted by atomic mass is 16.3. The summed E-state index contributed by atoms with van der Waals surface area (Å²) in [5.74, 6) is 1.83. The summed E-state index contributed by atoms with van der Waals surface area (Å²) in [6, 6.07) is 56.4. The smallest absolute Gasteiger partial charge is 0.164 e. The van der Waals surface area contributed by atoms with Gasteiger partial charge < -0.3 is 4.42 Å². The van der Waals surface area contributed by atoms with E-state index in [9.17, 15) is 0 Å². The fraction of sp³-hybridized carbons (Fsp3) is 0. The Morgan fingerprint density at radius 2 is 0.851 bits per heavy atom. The van der Waals surface area contributed by atoms with Crippen molar-refractivity contribution in [3.63, 3.8) is 0 Å². The molecule has 0 fully saturated rings. The van der Waals surface area contributed by atoms with Gasteiger partial charge in [-0.05, 0) is 69.4 Å². The lowest BCUT2D eigenvalue weighted by atomic mass is 9.96. The first-order valence-corrected chi connectivity index (χ1v) is 15.7. The topological polar surface area (TPSA) is 51.8 Å². The van der Waals surface area contributed by atoms with E-state index in [0.717, 1.165) is 71.7 Å². The Kier molecular flexibility index (Phi) is 6.43. The average molecular weight is 602 g/mol. The molecule has 2 aromatic heterocycles. The third-order valence-electron chi connectivity index (χ3n) is 8.68. The van der Waals surface area contributed by atoms with Crippen LogP contribution < -0.4 is 0 Å². The van der Waals surface area contributed by atoms with Crippen LogP contribution in [0.4, 0.5) is 0 Å². The molecular weight excluding hydrogens is 574 g/mol. The molecule has 0 aliphatic rings. The van der Waals surface area contributed by atoms with Crippen molar-refractivity contribution in [2.75, 3.05) is 0 Å². The van der Waals surface area contributed by atoms with Crippen LogP contribution in [-0.2, 0) is 0 Å². The molecule has 9 rings (SSSR count). The van der Waals surface area contributed by atoms with E-state index in [1.807, 2.05) is 54.6 Å². The first kappa shape index (κ1) is 27.0. The van der Waals surface area contributed by atoms with Gasteiger partial charge in [0.15, 0.2) is 17.5 Å². The Bertz CT molecular complexity index is 2500. The average Bonchev–Trinajstić information content (AvgIpc) is 3.52. The molecule has 0 aliphatic heterocycles. The molecule has 4 heteroatoms. The molecule has 7 aromatic carbocycles. The highest BCUT2D eigenvalue weighted by molar-refractivity contribution is 6.15. The molecule has 4 nitrogen and oxygen atoms in total. The van der Waals surface area contributed by atoms with Crippen molar-refractivity contribution in [3.05, 3.63) is 164 Å². The Labute approximate surface area is 271 Å². The van der Waals surface area contributed by atoms with Crippen LogP contribution in [-0.4, -0.2) is 15.0 Å². The highest BCUT2D eigenvalue weighted by Gasteiger charge is 2.19. The zero-order chi connectivity index (χ0) is 31.2. The van der Waals surface area contributed by atoms with E-state index >= 15 is 0 Å².